The summed E-state index contributed by atoms with van der Waals surface area (Å²) in [5, 5.41) is 16.9. The number of rotatable bonds is 7. The lowest BCUT2D eigenvalue weighted by Crippen LogP contribution is -2.33. The van der Waals surface area contributed by atoms with Crippen LogP contribution < -0.4 is 10.6 Å². The topological polar surface area (TPSA) is 82.4 Å². The lowest BCUT2D eigenvalue weighted by Gasteiger charge is -2.28. The first kappa shape index (κ1) is 25.5. The molecule has 2 unspecified atom stereocenters. The highest BCUT2D eigenvalue weighted by Gasteiger charge is 2.41. The molecule has 1 amide bonds. The van der Waals surface area contributed by atoms with Crippen molar-refractivity contribution in [1.29, 1.82) is 0 Å². The molecular formula is C30H31N5O2S. The molecule has 5 rings (SSSR count). The number of para-hydroxylation sites is 1. The minimum Gasteiger partial charge on any atom is -0.508 e. The van der Waals surface area contributed by atoms with Gasteiger partial charge in [-0.25, -0.2) is 0 Å². The lowest BCUT2D eigenvalue weighted by molar-refractivity contribution is -0.116. The van der Waals surface area contributed by atoms with Crippen molar-refractivity contribution in [2.75, 3.05) is 11.9 Å². The van der Waals surface area contributed by atoms with Crippen molar-refractivity contribution in [3.63, 3.8) is 0 Å². The number of phenolic OH excluding ortho intramolecular Hbond substituents is 1. The number of nitrogens with zero attached hydrogens (tertiary/aromatic N) is 3. The maximum Gasteiger partial charge on any atom is 0.226 e. The molecule has 1 aliphatic rings. The predicted molar refractivity (Wildman–Crippen MR) is 153 cm³/mol. The van der Waals surface area contributed by atoms with E-state index in [-0.39, 0.29) is 30.2 Å². The summed E-state index contributed by atoms with van der Waals surface area (Å²) in [4.78, 5) is 19.7. The molecule has 0 aliphatic carbocycles. The van der Waals surface area contributed by atoms with Crippen LogP contribution in [-0.4, -0.2) is 37.1 Å². The van der Waals surface area contributed by atoms with Crippen molar-refractivity contribution in [2.24, 2.45) is 0 Å². The fourth-order valence-corrected chi connectivity index (χ4v) is 5.55. The minimum atomic E-state index is -0.170. The normalized spacial score (nSPS) is 16.9. The van der Waals surface area contributed by atoms with Crippen molar-refractivity contribution in [2.45, 2.75) is 39.3 Å². The first-order chi connectivity index (χ1) is 18.3. The third-order valence-corrected chi connectivity index (χ3v) is 7.45. The number of aromatic nitrogens is 2. The zero-order valence-electron chi connectivity index (χ0n) is 21.7. The van der Waals surface area contributed by atoms with Gasteiger partial charge < -0.3 is 25.2 Å². The maximum absolute atomic E-state index is 12.9. The number of phenols is 1. The molecule has 1 fully saturated rings. The summed E-state index contributed by atoms with van der Waals surface area (Å²) in [5.74, 6) is 0.170. The van der Waals surface area contributed by atoms with Crippen LogP contribution in [0.4, 0.5) is 5.69 Å². The molecule has 38 heavy (non-hydrogen) atoms. The number of aromatic hydroxyl groups is 1. The van der Waals surface area contributed by atoms with Gasteiger partial charge in [0.1, 0.15) is 5.75 Å². The van der Waals surface area contributed by atoms with Gasteiger partial charge in [0.15, 0.2) is 5.11 Å². The SMILES string of the molecule is Cc1ccccc1NC(=O)CCN1C(=S)NC(c2ccccn2)C1c1cc(C)n(-c2ccc(O)cc2)c1C. The molecule has 2 atom stereocenters. The first-order valence-electron chi connectivity index (χ1n) is 12.7. The molecule has 0 spiro atoms. The summed E-state index contributed by atoms with van der Waals surface area (Å²) in [6.07, 6.45) is 2.08. The molecule has 1 aliphatic heterocycles. The molecule has 3 heterocycles. The van der Waals surface area contributed by atoms with E-state index in [1.54, 1.807) is 18.3 Å². The minimum absolute atomic E-state index is 0.0586. The number of thiocarbonyl (C=S) groups is 1. The highest BCUT2D eigenvalue weighted by Crippen LogP contribution is 2.41. The smallest absolute Gasteiger partial charge is 0.226 e. The van der Waals surface area contributed by atoms with Crippen molar-refractivity contribution >= 4 is 28.9 Å². The fraction of sp³-hybridized carbons (Fsp3) is 0.233. The number of carbonyl (C=O) groups is 1. The van der Waals surface area contributed by atoms with Gasteiger partial charge in [-0.05, 0) is 92.6 Å². The molecule has 0 saturated carbocycles. The third-order valence-electron chi connectivity index (χ3n) is 7.09. The molecule has 3 N–H and O–H groups in total. The first-order valence-corrected chi connectivity index (χ1v) is 13.1. The van der Waals surface area contributed by atoms with Gasteiger partial charge in [0, 0.05) is 41.9 Å². The Labute approximate surface area is 228 Å². The molecule has 2 aromatic carbocycles. The monoisotopic (exact) mass is 525 g/mol. The van der Waals surface area contributed by atoms with Crippen LogP contribution in [0.25, 0.3) is 5.69 Å². The van der Waals surface area contributed by atoms with E-state index in [4.69, 9.17) is 12.2 Å². The van der Waals surface area contributed by atoms with Gasteiger partial charge in [-0.15, -0.1) is 0 Å². The van der Waals surface area contributed by atoms with Crippen molar-refractivity contribution in [3.05, 3.63) is 107 Å². The number of anilines is 1. The van der Waals surface area contributed by atoms with Gasteiger partial charge in [0.25, 0.3) is 0 Å². The summed E-state index contributed by atoms with van der Waals surface area (Å²) >= 11 is 5.81. The Morgan fingerprint density at radius 1 is 1.05 bits per heavy atom. The summed E-state index contributed by atoms with van der Waals surface area (Å²) in [7, 11) is 0. The van der Waals surface area contributed by atoms with Gasteiger partial charge in [-0.1, -0.05) is 24.3 Å². The number of carbonyl (C=O) groups excluding carboxylic acids is 1. The number of benzene rings is 2. The van der Waals surface area contributed by atoms with Crippen molar-refractivity contribution < 1.29 is 9.90 Å². The Morgan fingerprint density at radius 3 is 2.50 bits per heavy atom. The zero-order valence-corrected chi connectivity index (χ0v) is 22.5. The fourth-order valence-electron chi connectivity index (χ4n) is 5.22. The zero-order chi connectivity index (χ0) is 26.8. The van der Waals surface area contributed by atoms with E-state index < -0.39 is 0 Å². The van der Waals surface area contributed by atoms with E-state index in [0.717, 1.165) is 39.6 Å². The number of hydrogen-bond acceptors (Lipinski definition) is 4. The number of amides is 1. The Bertz CT molecular complexity index is 1470. The Kier molecular flexibility index (Phi) is 7.15. The van der Waals surface area contributed by atoms with Crippen LogP contribution in [-0.2, 0) is 4.79 Å². The van der Waals surface area contributed by atoms with Crippen LogP contribution in [0.5, 0.6) is 5.75 Å². The van der Waals surface area contributed by atoms with Crippen molar-refractivity contribution in [1.82, 2.24) is 19.8 Å². The van der Waals surface area contributed by atoms with E-state index in [1.165, 1.54) is 0 Å². The molecule has 8 heteroatoms. The Hall–Kier alpha value is -4.17. The molecular weight excluding hydrogens is 494 g/mol. The van der Waals surface area contributed by atoms with E-state index >= 15 is 0 Å². The molecule has 4 aromatic rings. The van der Waals surface area contributed by atoms with Crippen LogP contribution in [0.2, 0.25) is 0 Å². The second-order valence-corrected chi connectivity index (χ2v) is 10.00. The van der Waals surface area contributed by atoms with Gasteiger partial charge in [-0.3, -0.25) is 9.78 Å². The van der Waals surface area contributed by atoms with E-state index in [9.17, 15) is 9.90 Å². The number of aryl methyl sites for hydroxylation is 2. The second-order valence-electron chi connectivity index (χ2n) is 9.61. The number of hydrogen-bond donors (Lipinski definition) is 3. The molecule has 7 nitrogen and oxygen atoms in total. The largest absolute Gasteiger partial charge is 0.508 e. The highest BCUT2D eigenvalue weighted by molar-refractivity contribution is 7.80. The average molecular weight is 526 g/mol. The van der Waals surface area contributed by atoms with E-state index in [0.29, 0.717) is 11.7 Å². The maximum atomic E-state index is 12.9. The van der Waals surface area contributed by atoms with Crippen LogP contribution in [0.1, 0.15) is 46.7 Å². The van der Waals surface area contributed by atoms with Crippen molar-refractivity contribution in [3.8, 4) is 11.4 Å². The van der Waals surface area contributed by atoms with Gasteiger partial charge in [0.2, 0.25) is 5.91 Å². The summed E-state index contributed by atoms with van der Waals surface area (Å²) in [6.45, 7) is 6.60. The summed E-state index contributed by atoms with van der Waals surface area (Å²) in [5.41, 5.74) is 6.95. The second kappa shape index (κ2) is 10.7. The van der Waals surface area contributed by atoms with Crippen LogP contribution in [0.3, 0.4) is 0 Å². The number of pyridine rings is 1. The Balaban J connectivity index is 1.47. The Morgan fingerprint density at radius 2 is 1.79 bits per heavy atom. The van der Waals surface area contributed by atoms with Gasteiger partial charge >= 0.3 is 0 Å². The standard InChI is InChI=1S/C30H31N5O2S/c1-19-8-4-5-9-25(19)32-27(37)15-17-34-29(28(33-30(34)38)26-10-6-7-16-31-26)24-18-20(2)35(21(24)3)22-11-13-23(36)14-12-22/h4-14,16,18,28-29,36H,15,17H2,1-3H3,(H,32,37)(H,33,38). The predicted octanol–water partition coefficient (Wildman–Crippen LogP) is 5.50. The van der Waals surface area contributed by atoms with E-state index in [1.807, 2.05) is 61.5 Å². The summed E-state index contributed by atoms with van der Waals surface area (Å²) in [6, 6.07) is 22.7. The molecule has 1 saturated heterocycles. The van der Waals surface area contributed by atoms with Gasteiger partial charge in [0.05, 0.1) is 17.8 Å². The third kappa shape index (κ3) is 4.99. The lowest BCUT2D eigenvalue weighted by atomic mass is 9.96. The molecule has 0 radical (unpaired) electrons. The average Bonchev–Trinajstić information content (AvgIpc) is 3.39. The van der Waals surface area contributed by atoms with Crippen LogP contribution in [0.15, 0.2) is 79.0 Å². The summed E-state index contributed by atoms with van der Waals surface area (Å²) < 4.78 is 2.18. The van der Waals surface area contributed by atoms with Crippen LogP contribution in [0, 0.1) is 20.8 Å². The van der Waals surface area contributed by atoms with E-state index in [2.05, 4.69) is 45.0 Å². The number of nitrogens with one attached hydrogen (secondary N) is 2. The quantitative estimate of drug-likeness (QED) is 0.276. The molecule has 2 aromatic heterocycles. The van der Waals surface area contributed by atoms with Gasteiger partial charge in [-0.2, -0.15) is 0 Å². The van der Waals surface area contributed by atoms with Crippen LogP contribution >= 0.6 is 12.2 Å². The molecule has 0 bridgehead atoms. The highest BCUT2D eigenvalue weighted by atomic mass is 32.1. The molecule has 194 valence electrons.